The standard InChI is InChI=1S/C31H36F3IN4O5/c32-31(33,34)24-12-10-22(11-13-24)28(41)36-25-14-15-39(26(35)17-25)30(43)27(21-8-2-1-3-9-21)37-29(42)23(18-38(44)19-40)16-20-6-4-5-7-20/h1-3,8-13,19-20,23,25-27,44H,4-7,14-18H2,(H,36,41)(H,37,42). The van der Waals surface area contributed by atoms with Gasteiger partial charge in [-0.2, -0.15) is 13.2 Å². The monoisotopic (exact) mass is 728 g/mol. The molecule has 0 spiro atoms. The fourth-order valence-corrected chi connectivity index (χ4v) is 7.08. The van der Waals surface area contributed by atoms with Crippen molar-refractivity contribution in [2.24, 2.45) is 11.8 Å². The molecule has 0 bridgehead atoms. The number of amides is 4. The smallest absolute Gasteiger partial charge is 0.349 e. The third-order valence-electron chi connectivity index (χ3n) is 8.29. The summed E-state index contributed by atoms with van der Waals surface area (Å²) in [5.74, 6) is -1.65. The Morgan fingerprint density at radius 2 is 1.70 bits per heavy atom. The van der Waals surface area contributed by atoms with Crippen LogP contribution in [0.4, 0.5) is 13.2 Å². The Morgan fingerprint density at radius 1 is 1.05 bits per heavy atom. The number of halogens is 4. The number of rotatable bonds is 11. The Morgan fingerprint density at radius 3 is 2.30 bits per heavy atom. The fraction of sp³-hybridized carbons (Fsp3) is 0.484. The summed E-state index contributed by atoms with van der Waals surface area (Å²) in [6.07, 6.45) is 1.15. The van der Waals surface area contributed by atoms with E-state index in [1.807, 2.05) is 0 Å². The van der Waals surface area contributed by atoms with Gasteiger partial charge in [-0.1, -0.05) is 78.6 Å². The van der Waals surface area contributed by atoms with Crippen molar-refractivity contribution in [3.05, 3.63) is 71.3 Å². The lowest BCUT2D eigenvalue weighted by molar-refractivity contribution is -0.155. The fourth-order valence-electron chi connectivity index (χ4n) is 5.91. The number of benzene rings is 2. The van der Waals surface area contributed by atoms with E-state index in [9.17, 15) is 37.6 Å². The summed E-state index contributed by atoms with van der Waals surface area (Å²) < 4.78 is 38.3. The summed E-state index contributed by atoms with van der Waals surface area (Å²) in [6, 6.07) is 11.5. The van der Waals surface area contributed by atoms with Gasteiger partial charge in [0.25, 0.3) is 11.8 Å². The molecular weight excluding hydrogens is 692 g/mol. The topological polar surface area (TPSA) is 119 Å². The van der Waals surface area contributed by atoms with E-state index in [-0.39, 0.29) is 41.1 Å². The quantitative estimate of drug-likeness (QED) is 0.0745. The van der Waals surface area contributed by atoms with Crippen LogP contribution < -0.4 is 10.6 Å². The highest BCUT2D eigenvalue weighted by atomic mass is 127. The van der Waals surface area contributed by atoms with E-state index < -0.39 is 35.5 Å². The van der Waals surface area contributed by atoms with Gasteiger partial charge in [-0.15, -0.1) is 0 Å². The zero-order valence-electron chi connectivity index (χ0n) is 24.0. The maximum Gasteiger partial charge on any atom is 0.416 e. The van der Waals surface area contributed by atoms with Crippen molar-refractivity contribution >= 4 is 46.7 Å². The van der Waals surface area contributed by atoms with E-state index in [2.05, 4.69) is 33.2 Å². The van der Waals surface area contributed by atoms with Crippen LogP contribution >= 0.6 is 22.6 Å². The maximum atomic E-state index is 14.0. The van der Waals surface area contributed by atoms with Crippen LogP contribution in [-0.2, 0) is 20.6 Å². The molecule has 4 atom stereocenters. The minimum absolute atomic E-state index is 0.108. The first-order chi connectivity index (χ1) is 21.0. The molecule has 4 amide bonds. The first kappa shape index (κ1) is 33.7. The molecule has 2 aromatic carbocycles. The largest absolute Gasteiger partial charge is 0.416 e. The van der Waals surface area contributed by atoms with E-state index in [0.29, 0.717) is 35.8 Å². The molecule has 2 fully saturated rings. The molecule has 44 heavy (non-hydrogen) atoms. The Kier molecular flexibility index (Phi) is 11.6. The van der Waals surface area contributed by atoms with Gasteiger partial charge in [-0.3, -0.25) is 24.4 Å². The third-order valence-corrected chi connectivity index (χ3v) is 9.47. The second-order valence-electron chi connectivity index (χ2n) is 11.4. The molecule has 2 aliphatic rings. The predicted molar refractivity (Wildman–Crippen MR) is 163 cm³/mol. The zero-order valence-corrected chi connectivity index (χ0v) is 26.2. The number of hydroxylamine groups is 2. The lowest BCUT2D eigenvalue weighted by Gasteiger charge is -2.39. The molecule has 9 nitrogen and oxygen atoms in total. The first-order valence-corrected chi connectivity index (χ1v) is 15.9. The van der Waals surface area contributed by atoms with Crippen molar-refractivity contribution in [1.29, 1.82) is 0 Å². The zero-order chi connectivity index (χ0) is 31.9. The van der Waals surface area contributed by atoms with Crippen LogP contribution in [0.25, 0.3) is 0 Å². The molecule has 4 unspecified atom stereocenters. The van der Waals surface area contributed by atoms with Gasteiger partial charge >= 0.3 is 6.18 Å². The molecule has 4 rings (SSSR count). The molecule has 1 heterocycles. The van der Waals surface area contributed by atoms with Crippen LogP contribution in [-0.4, -0.2) is 62.5 Å². The van der Waals surface area contributed by atoms with Crippen LogP contribution in [0, 0.1) is 11.8 Å². The molecule has 1 aliphatic carbocycles. The number of carbonyl (C=O) groups is 4. The van der Waals surface area contributed by atoms with Gasteiger partial charge in [-0.05, 0) is 55.0 Å². The summed E-state index contributed by atoms with van der Waals surface area (Å²) in [7, 11) is 0. The molecule has 3 N–H and O–H groups in total. The predicted octanol–water partition coefficient (Wildman–Crippen LogP) is 5.09. The molecule has 0 aromatic heterocycles. The number of carbonyl (C=O) groups excluding carboxylic acids is 4. The van der Waals surface area contributed by atoms with Gasteiger partial charge in [0.05, 0.1) is 22.1 Å². The molecule has 2 aromatic rings. The van der Waals surface area contributed by atoms with Crippen molar-refractivity contribution in [1.82, 2.24) is 20.6 Å². The van der Waals surface area contributed by atoms with Crippen LogP contribution in [0.3, 0.4) is 0 Å². The van der Waals surface area contributed by atoms with Crippen LogP contribution in [0.1, 0.15) is 72.5 Å². The van der Waals surface area contributed by atoms with Crippen molar-refractivity contribution in [3.63, 3.8) is 0 Å². The van der Waals surface area contributed by atoms with Gasteiger partial charge < -0.3 is 15.5 Å². The number of nitrogens with zero attached hydrogens (tertiary/aromatic N) is 2. The van der Waals surface area contributed by atoms with Crippen LogP contribution in [0.2, 0.25) is 0 Å². The highest BCUT2D eigenvalue weighted by molar-refractivity contribution is 14.1. The highest BCUT2D eigenvalue weighted by Crippen LogP contribution is 2.32. The molecular formula is C31H36F3IN4O5. The number of nitrogens with one attached hydrogen (secondary N) is 2. The van der Waals surface area contributed by atoms with E-state index in [0.717, 1.165) is 49.9 Å². The first-order valence-electron chi connectivity index (χ1n) is 14.6. The Hall–Kier alpha value is -3.20. The number of likely N-dealkylation sites (tertiary alicyclic amines) is 1. The van der Waals surface area contributed by atoms with Crippen molar-refractivity contribution in [2.45, 2.75) is 67.3 Å². The molecule has 238 valence electrons. The number of hydrogen-bond donors (Lipinski definition) is 3. The summed E-state index contributed by atoms with van der Waals surface area (Å²) in [4.78, 5) is 53.0. The van der Waals surface area contributed by atoms with Gasteiger partial charge in [0, 0.05) is 18.2 Å². The molecule has 0 radical (unpaired) electrons. The van der Waals surface area contributed by atoms with Crippen molar-refractivity contribution in [3.8, 4) is 0 Å². The average molecular weight is 729 g/mol. The normalized spacial score (nSPS) is 20.4. The number of hydrogen-bond acceptors (Lipinski definition) is 5. The van der Waals surface area contributed by atoms with Gasteiger partial charge in [0.2, 0.25) is 12.3 Å². The molecule has 13 heteroatoms. The van der Waals surface area contributed by atoms with E-state index in [4.69, 9.17) is 0 Å². The SMILES string of the molecule is O=CN(O)CC(CC1CCCC1)C(=O)NC(C(=O)N1CCC(NC(=O)c2ccc(C(F)(F)F)cc2)CC1I)c1ccccc1. The second kappa shape index (κ2) is 15.2. The van der Waals surface area contributed by atoms with Crippen LogP contribution in [0.5, 0.6) is 0 Å². The third kappa shape index (κ3) is 8.93. The lowest BCUT2D eigenvalue weighted by Crippen LogP contribution is -2.53. The van der Waals surface area contributed by atoms with Crippen molar-refractivity contribution < 1.29 is 37.6 Å². The van der Waals surface area contributed by atoms with E-state index in [1.54, 1.807) is 35.2 Å². The lowest BCUT2D eigenvalue weighted by atomic mass is 9.91. The Bertz CT molecular complexity index is 1290. The number of piperidine rings is 1. The van der Waals surface area contributed by atoms with Crippen molar-refractivity contribution in [2.75, 3.05) is 13.1 Å². The van der Waals surface area contributed by atoms with Gasteiger partial charge in [-0.25, -0.2) is 5.06 Å². The molecule has 1 aliphatic heterocycles. The van der Waals surface area contributed by atoms with E-state index >= 15 is 0 Å². The molecule has 1 saturated heterocycles. The van der Waals surface area contributed by atoms with Gasteiger partial charge in [0.15, 0.2) is 0 Å². The minimum atomic E-state index is -4.49. The summed E-state index contributed by atoms with van der Waals surface area (Å²) >= 11 is 2.11. The molecule has 1 saturated carbocycles. The Labute approximate surface area is 267 Å². The minimum Gasteiger partial charge on any atom is -0.349 e. The number of alkyl halides is 4. The van der Waals surface area contributed by atoms with Crippen LogP contribution in [0.15, 0.2) is 54.6 Å². The Balaban J connectivity index is 1.43. The average Bonchev–Trinajstić information content (AvgIpc) is 3.52. The second-order valence-corrected chi connectivity index (χ2v) is 12.8. The van der Waals surface area contributed by atoms with E-state index in [1.165, 1.54) is 0 Å². The summed E-state index contributed by atoms with van der Waals surface area (Å²) in [5.41, 5.74) is -0.143. The maximum absolute atomic E-state index is 14.0. The summed E-state index contributed by atoms with van der Waals surface area (Å²) in [6.45, 7) is 0.102. The van der Waals surface area contributed by atoms with Gasteiger partial charge in [0.1, 0.15) is 6.04 Å². The summed E-state index contributed by atoms with van der Waals surface area (Å²) in [5, 5.41) is 16.1. The highest BCUT2D eigenvalue weighted by Gasteiger charge is 2.37.